The molecule has 6 nitrogen and oxygen atoms in total. The number of nitrogens with one attached hydrogen (secondary N) is 1. The Morgan fingerprint density at radius 3 is 2.55 bits per heavy atom. The molecule has 1 aromatic carbocycles. The molecular formula is C16H24N2O4. The van der Waals surface area contributed by atoms with Crippen LogP contribution >= 0.6 is 0 Å². The molecule has 1 heterocycles. The number of hydrogen-bond acceptors (Lipinski definition) is 5. The molecule has 122 valence electrons. The fraction of sp³-hybridized carbons (Fsp3) is 0.562. The number of aliphatic hydroxyl groups is 1. The lowest BCUT2D eigenvalue weighted by atomic mass is 9.79. The Kier molecular flexibility index (Phi) is 5.05. The van der Waals surface area contributed by atoms with Gasteiger partial charge in [-0.3, -0.25) is 4.90 Å². The summed E-state index contributed by atoms with van der Waals surface area (Å²) in [5.74, 6) is -1.39. The van der Waals surface area contributed by atoms with Crippen molar-refractivity contribution < 1.29 is 20.1 Å². The highest BCUT2D eigenvalue weighted by molar-refractivity contribution is 5.91. The number of aliphatic hydroxyl groups excluding tert-OH is 1. The molecule has 6 heteroatoms. The molecule has 0 bridgehead atoms. The largest absolute Gasteiger partial charge is 0.507 e. The van der Waals surface area contributed by atoms with Gasteiger partial charge in [0.15, 0.2) is 0 Å². The van der Waals surface area contributed by atoms with Gasteiger partial charge < -0.3 is 20.6 Å². The molecule has 2 rings (SSSR count). The van der Waals surface area contributed by atoms with Crippen LogP contribution in [0.5, 0.6) is 5.75 Å². The van der Waals surface area contributed by atoms with E-state index in [1.54, 1.807) is 6.07 Å². The molecule has 0 unspecified atom stereocenters. The van der Waals surface area contributed by atoms with Crippen LogP contribution in [-0.4, -0.2) is 59.0 Å². The summed E-state index contributed by atoms with van der Waals surface area (Å²) in [5, 5.41) is 32.0. The van der Waals surface area contributed by atoms with Gasteiger partial charge in [0, 0.05) is 44.2 Å². The van der Waals surface area contributed by atoms with Crippen LogP contribution in [0.1, 0.15) is 35.8 Å². The van der Waals surface area contributed by atoms with E-state index in [1.165, 1.54) is 12.1 Å². The summed E-state index contributed by atoms with van der Waals surface area (Å²) in [7, 11) is 0. The molecular weight excluding hydrogens is 284 g/mol. The predicted molar refractivity (Wildman–Crippen MR) is 83.1 cm³/mol. The van der Waals surface area contributed by atoms with E-state index in [0.29, 0.717) is 0 Å². The Hall–Kier alpha value is -1.63. The topological polar surface area (TPSA) is 93.0 Å². The molecule has 0 saturated carbocycles. The number of carboxylic acid groups (broad SMARTS) is 1. The molecule has 1 aliphatic heterocycles. The molecule has 0 radical (unpaired) electrons. The van der Waals surface area contributed by atoms with Gasteiger partial charge >= 0.3 is 5.97 Å². The number of aromatic hydroxyl groups is 1. The van der Waals surface area contributed by atoms with E-state index < -0.39 is 11.4 Å². The number of carboxylic acids is 1. The summed E-state index contributed by atoms with van der Waals surface area (Å²) in [5.41, 5.74) is 0.270. The van der Waals surface area contributed by atoms with Gasteiger partial charge in [0.05, 0.1) is 0 Å². The number of aromatic carboxylic acids is 1. The second-order valence-corrected chi connectivity index (χ2v) is 6.42. The van der Waals surface area contributed by atoms with Gasteiger partial charge in [-0.15, -0.1) is 0 Å². The molecule has 1 fully saturated rings. The maximum absolute atomic E-state index is 11.3. The average molecular weight is 308 g/mol. The molecule has 4 N–H and O–H groups in total. The maximum Gasteiger partial charge on any atom is 0.339 e. The van der Waals surface area contributed by atoms with Gasteiger partial charge in [-0.05, 0) is 17.7 Å². The fourth-order valence-electron chi connectivity index (χ4n) is 3.08. The minimum Gasteiger partial charge on any atom is -0.507 e. The first-order valence-electron chi connectivity index (χ1n) is 7.48. The van der Waals surface area contributed by atoms with Gasteiger partial charge in [0.25, 0.3) is 0 Å². The smallest absolute Gasteiger partial charge is 0.339 e. The van der Waals surface area contributed by atoms with E-state index >= 15 is 0 Å². The lowest BCUT2D eigenvalue weighted by Crippen LogP contribution is -2.49. The van der Waals surface area contributed by atoms with E-state index in [9.17, 15) is 20.1 Å². The standard InChI is InChI=1S/C16H24N2O4/c1-16(2,10-19)14(18-7-5-17-6-8-18)11-3-4-13(20)12(9-11)15(21)22/h3-4,9,14,17,19-20H,5-8,10H2,1-2H3,(H,21,22)/t14-/m0/s1. The maximum atomic E-state index is 11.3. The zero-order chi connectivity index (χ0) is 16.3. The first-order chi connectivity index (χ1) is 10.4. The van der Waals surface area contributed by atoms with E-state index in [-0.39, 0.29) is 24.0 Å². The third-order valence-corrected chi connectivity index (χ3v) is 4.23. The van der Waals surface area contributed by atoms with Crippen LogP contribution in [-0.2, 0) is 0 Å². The highest BCUT2D eigenvalue weighted by atomic mass is 16.4. The molecule has 0 amide bonds. The Morgan fingerprint density at radius 2 is 2.00 bits per heavy atom. The lowest BCUT2D eigenvalue weighted by molar-refractivity contribution is 0.0304. The van der Waals surface area contributed by atoms with Crippen molar-refractivity contribution in [2.24, 2.45) is 5.41 Å². The Labute approximate surface area is 130 Å². The zero-order valence-corrected chi connectivity index (χ0v) is 13.0. The van der Waals surface area contributed by atoms with Crippen LogP contribution in [0.2, 0.25) is 0 Å². The van der Waals surface area contributed by atoms with E-state index in [2.05, 4.69) is 10.2 Å². The lowest BCUT2D eigenvalue weighted by Gasteiger charge is -2.43. The highest BCUT2D eigenvalue weighted by Gasteiger charge is 2.36. The van der Waals surface area contributed by atoms with Crippen molar-refractivity contribution in [1.82, 2.24) is 10.2 Å². The van der Waals surface area contributed by atoms with Crippen LogP contribution in [0.3, 0.4) is 0 Å². The second kappa shape index (κ2) is 6.64. The highest BCUT2D eigenvalue weighted by Crippen LogP contribution is 2.39. The van der Waals surface area contributed by atoms with E-state index in [4.69, 9.17) is 0 Å². The number of rotatable bonds is 5. The molecule has 0 aliphatic carbocycles. The number of carbonyl (C=O) groups is 1. The minimum atomic E-state index is -1.15. The van der Waals surface area contributed by atoms with Gasteiger partial charge in [0.1, 0.15) is 11.3 Å². The Morgan fingerprint density at radius 1 is 1.36 bits per heavy atom. The van der Waals surface area contributed by atoms with Crippen LogP contribution in [0.15, 0.2) is 18.2 Å². The molecule has 1 saturated heterocycles. The first kappa shape index (κ1) is 16.7. The van der Waals surface area contributed by atoms with Gasteiger partial charge in [-0.2, -0.15) is 0 Å². The summed E-state index contributed by atoms with van der Waals surface area (Å²) < 4.78 is 0. The summed E-state index contributed by atoms with van der Waals surface area (Å²) in [4.78, 5) is 13.5. The number of phenols is 1. The normalized spacial score (nSPS) is 18.1. The van der Waals surface area contributed by atoms with Crippen molar-refractivity contribution >= 4 is 5.97 Å². The summed E-state index contributed by atoms with van der Waals surface area (Å²) >= 11 is 0. The Balaban J connectivity index is 2.44. The van der Waals surface area contributed by atoms with Crippen molar-refractivity contribution in [1.29, 1.82) is 0 Å². The quantitative estimate of drug-likeness (QED) is 0.650. The van der Waals surface area contributed by atoms with Gasteiger partial charge in [-0.1, -0.05) is 19.9 Å². The number of benzene rings is 1. The number of piperazine rings is 1. The van der Waals surface area contributed by atoms with E-state index in [1.807, 2.05) is 13.8 Å². The van der Waals surface area contributed by atoms with Gasteiger partial charge in [0.2, 0.25) is 0 Å². The Bertz CT molecular complexity index is 539. The molecule has 1 atom stereocenters. The zero-order valence-electron chi connectivity index (χ0n) is 13.0. The van der Waals surface area contributed by atoms with Crippen LogP contribution in [0, 0.1) is 5.41 Å². The summed E-state index contributed by atoms with van der Waals surface area (Å²) in [6, 6.07) is 4.56. The SMILES string of the molecule is CC(C)(CO)[C@H](c1ccc(O)c(C(=O)O)c1)N1CCNCC1. The third kappa shape index (κ3) is 3.40. The average Bonchev–Trinajstić information content (AvgIpc) is 2.50. The molecule has 1 aromatic rings. The second-order valence-electron chi connectivity index (χ2n) is 6.42. The van der Waals surface area contributed by atoms with Crippen molar-refractivity contribution in [2.75, 3.05) is 32.8 Å². The van der Waals surface area contributed by atoms with Crippen molar-refractivity contribution in [3.63, 3.8) is 0 Å². The molecule has 22 heavy (non-hydrogen) atoms. The summed E-state index contributed by atoms with van der Waals surface area (Å²) in [6.45, 7) is 7.31. The fourth-order valence-corrected chi connectivity index (χ4v) is 3.08. The number of nitrogens with zero attached hydrogens (tertiary/aromatic N) is 1. The molecule has 0 spiro atoms. The van der Waals surface area contributed by atoms with Crippen molar-refractivity contribution in [2.45, 2.75) is 19.9 Å². The van der Waals surface area contributed by atoms with Gasteiger partial charge in [-0.25, -0.2) is 4.79 Å². The third-order valence-electron chi connectivity index (χ3n) is 4.23. The first-order valence-corrected chi connectivity index (χ1v) is 7.48. The monoisotopic (exact) mass is 308 g/mol. The minimum absolute atomic E-state index is 0.00905. The van der Waals surface area contributed by atoms with Crippen molar-refractivity contribution in [3.8, 4) is 5.75 Å². The molecule has 1 aliphatic rings. The summed E-state index contributed by atoms with van der Waals surface area (Å²) in [6.07, 6.45) is 0. The van der Waals surface area contributed by atoms with Crippen molar-refractivity contribution in [3.05, 3.63) is 29.3 Å². The van der Waals surface area contributed by atoms with Crippen LogP contribution in [0.25, 0.3) is 0 Å². The van der Waals surface area contributed by atoms with Crippen LogP contribution < -0.4 is 5.32 Å². The number of hydrogen-bond donors (Lipinski definition) is 4. The van der Waals surface area contributed by atoms with E-state index in [0.717, 1.165) is 31.7 Å². The molecule has 0 aromatic heterocycles. The predicted octanol–water partition coefficient (Wildman–Crippen LogP) is 1.06. The van der Waals surface area contributed by atoms with Crippen LogP contribution in [0.4, 0.5) is 0 Å².